The summed E-state index contributed by atoms with van der Waals surface area (Å²) in [7, 11) is 1.70. The lowest BCUT2D eigenvalue weighted by atomic mass is 10.1. The first-order chi connectivity index (χ1) is 11.2. The monoisotopic (exact) mass is 312 g/mol. The van der Waals surface area contributed by atoms with Gasteiger partial charge < -0.3 is 9.84 Å². The van der Waals surface area contributed by atoms with Crippen LogP contribution in [0.4, 0.5) is 0 Å². The Morgan fingerprint density at radius 3 is 2.70 bits per heavy atom. The van der Waals surface area contributed by atoms with Crippen LogP contribution in [-0.4, -0.2) is 31.3 Å². The van der Waals surface area contributed by atoms with E-state index in [1.54, 1.807) is 31.3 Å². The maximum atomic E-state index is 12.1. The van der Waals surface area contributed by atoms with Crippen LogP contribution in [-0.2, 0) is 20.0 Å². The number of carbonyl (C=O) groups is 1. The third kappa shape index (κ3) is 3.42. The molecular formula is C15H16N6O2. The Kier molecular flexibility index (Phi) is 4.13. The van der Waals surface area contributed by atoms with E-state index in [0.29, 0.717) is 23.7 Å². The number of nitrogens with one attached hydrogen (secondary N) is 1. The van der Waals surface area contributed by atoms with Gasteiger partial charge in [0, 0.05) is 17.2 Å². The molecule has 0 spiro atoms. The fraction of sp³-hybridized carbons (Fsp3) is 0.267. The van der Waals surface area contributed by atoms with Gasteiger partial charge in [0.25, 0.3) is 5.91 Å². The molecule has 0 atom stereocenters. The zero-order chi connectivity index (χ0) is 16.2. The third-order valence-corrected chi connectivity index (χ3v) is 3.31. The smallest absolute Gasteiger partial charge is 0.251 e. The Morgan fingerprint density at radius 1 is 1.30 bits per heavy atom. The van der Waals surface area contributed by atoms with Gasteiger partial charge in [-0.05, 0) is 23.8 Å². The fourth-order valence-corrected chi connectivity index (χ4v) is 2.05. The van der Waals surface area contributed by atoms with Crippen LogP contribution in [0.1, 0.15) is 28.7 Å². The molecule has 1 amide bonds. The van der Waals surface area contributed by atoms with E-state index in [2.05, 4.69) is 25.9 Å². The van der Waals surface area contributed by atoms with Crippen LogP contribution >= 0.6 is 0 Å². The second-order valence-corrected chi connectivity index (χ2v) is 5.00. The summed E-state index contributed by atoms with van der Waals surface area (Å²) < 4.78 is 5.13. The summed E-state index contributed by atoms with van der Waals surface area (Å²) in [6.07, 6.45) is 0.801. The minimum atomic E-state index is -0.182. The van der Waals surface area contributed by atoms with Crippen molar-refractivity contribution in [3.63, 3.8) is 0 Å². The molecule has 0 aliphatic rings. The minimum absolute atomic E-state index is 0.182. The van der Waals surface area contributed by atoms with E-state index < -0.39 is 0 Å². The van der Waals surface area contributed by atoms with Crippen LogP contribution < -0.4 is 5.32 Å². The first kappa shape index (κ1) is 14.9. The summed E-state index contributed by atoms with van der Waals surface area (Å²) in [5, 5.41) is 18.5. The molecule has 23 heavy (non-hydrogen) atoms. The molecule has 1 aromatic carbocycles. The molecule has 0 unspecified atom stereocenters. The highest BCUT2D eigenvalue weighted by Gasteiger charge is 2.09. The second kappa shape index (κ2) is 6.39. The predicted octanol–water partition coefficient (Wildman–Crippen LogP) is 1.36. The summed E-state index contributed by atoms with van der Waals surface area (Å²) in [4.78, 5) is 13.5. The highest BCUT2D eigenvalue weighted by molar-refractivity contribution is 5.94. The normalized spacial score (nSPS) is 10.7. The number of hydrogen-bond acceptors (Lipinski definition) is 6. The Hall–Kier alpha value is -3.03. The maximum Gasteiger partial charge on any atom is 0.251 e. The molecule has 1 N–H and O–H groups in total. The van der Waals surface area contributed by atoms with Gasteiger partial charge in [0.15, 0.2) is 5.76 Å². The van der Waals surface area contributed by atoms with Crippen LogP contribution in [0.3, 0.4) is 0 Å². The van der Waals surface area contributed by atoms with Gasteiger partial charge in [-0.25, -0.2) is 0 Å². The van der Waals surface area contributed by atoms with Gasteiger partial charge in [0.05, 0.1) is 19.3 Å². The topological polar surface area (TPSA) is 98.7 Å². The summed E-state index contributed by atoms with van der Waals surface area (Å²) in [5.74, 6) is 0.974. The van der Waals surface area contributed by atoms with E-state index in [9.17, 15) is 4.79 Å². The van der Waals surface area contributed by atoms with Crippen molar-refractivity contribution in [3.8, 4) is 11.4 Å². The van der Waals surface area contributed by atoms with Crippen molar-refractivity contribution in [2.24, 2.45) is 7.05 Å². The van der Waals surface area contributed by atoms with Gasteiger partial charge in [-0.15, -0.1) is 10.2 Å². The van der Waals surface area contributed by atoms with Crippen molar-refractivity contribution in [2.75, 3.05) is 0 Å². The second-order valence-electron chi connectivity index (χ2n) is 5.00. The lowest BCUT2D eigenvalue weighted by Crippen LogP contribution is -2.22. The van der Waals surface area contributed by atoms with Gasteiger partial charge in [0.2, 0.25) is 5.82 Å². The van der Waals surface area contributed by atoms with Crippen molar-refractivity contribution in [3.05, 3.63) is 47.3 Å². The van der Waals surface area contributed by atoms with Crippen LogP contribution in [0.15, 0.2) is 34.9 Å². The fourth-order valence-electron chi connectivity index (χ4n) is 2.05. The average molecular weight is 312 g/mol. The molecular weight excluding hydrogens is 296 g/mol. The van der Waals surface area contributed by atoms with Gasteiger partial charge >= 0.3 is 0 Å². The average Bonchev–Trinajstić information content (AvgIpc) is 3.21. The number of hydrogen-bond donors (Lipinski definition) is 1. The number of benzene rings is 1. The molecule has 2 heterocycles. The van der Waals surface area contributed by atoms with Gasteiger partial charge in [-0.1, -0.05) is 24.2 Å². The van der Waals surface area contributed by atoms with Crippen LogP contribution in [0, 0.1) is 0 Å². The minimum Gasteiger partial charge on any atom is -0.359 e. The molecule has 2 aromatic heterocycles. The molecule has 0 fully saturated rings. The van der Waals surface area contributed by atoms with Crippen molar-refractivity contribution < 1.29 is 9.32 Å². The molecule has 0 bridgehead atoms. The Bertz CT molecular complexity index is 805. The molecule has 0 saturated carbocycles. The molecule has 3 aromatic rings. The van der Waals surface area contributed by atoms with Crippen molar-refractivity contribution >= 4 is 5.91 Å². The molecule has 3 rings (SSSR count). The van der Waals surface area contributed by atoms with Crippen molar-refractivity contribution in [1.29, 1.82) is 0 Å². The van der Waals surface area contributed by atoms with E-state index in [-0.39, 0.29) is 5.91 Å². The van der Waals surface area contributed by atoms with Crippen LogP contribution in [0.5, 0.6) is 0 Å². The van der Waals surface area contributed by atoms with E-state index in [1.165, 1.54) is 4.80 Å². The zero-order valence-electron chi connectivity index (χ0n) is 12.9. The first-order valence-electron chi connectivity index (χ1n) is 7.23. The summed E-state index contributed by atoms with van der Waals surface area (Å²) >= 11 is 0. The number of tetrazole rings is 1. The van der Waals surface area contributed by atoms with Crippen LogP contribution in [0.2, 0.25) is 0 Å². The number of carbonyl (C=O) groups excluding carboxylic acids is 1. The standard InChI is InChI=1S/C15H16N6O2/c1-3-12-8-13(23-19-12)9-16-15(22)11-6-4-10(5-7-11)14-17-20-21(2)18-14/h4-8H,3,9H2,1-2H3,(H,16,22). The lowest BCUT2D eigenvalue weighted by Gasteiger charge is -2.03. The number of nitrogens with zero attached hydrogens (tertiary/aromatic N) is 5. The van der Waals surface area contributed by atoms with Crippen molar-refractivity contribution in [1.82, 2.24) is 30.7 Å². The molecule has 0 aliphatic carbocycles. The summed E-state index contributed by atoms with van der Waals surface area (Å²) in [6, 6.07) is 8.85. The molecule has 0 aliphatic heterocycles. The number of aromatic nitrogens is 5. The van der Waals surface area contributed by atoms with E-state index in [1.807, 2.05) is 13.0 Å². The van der Waals surface area contributed by atoms with Gasteiger partial charge in [0.1, 0.15) is 0 Å². The SMILES string of the molecule is CCc1cc(CNC(=O)c2ccc(-c3nnn(C)n3)cc2)on1. The first-order valence-corrected chi connectivity index (χ1v) is 7.23. The summed E-state index contributed by atoms with van der Waals surface area (Å²) in [5.41, 5.74) is 2.22. The highest BCUT2D eigenvalue weighted by atomic mass is 16.5. The third-order valence-electron chi connectivity index (χ3n) is 3.31. The van der Waals surface area contributed by atoms with Crippen LogP contribution in [0.25, 0.3) is 11.4 Å². The maximum absolute atomic E-state index is 12.1. The number of rotatable bonds is 5. The Morgan fingerprint density at radius 2 is 2.09 bits per heavy atom. The molecule has 8 nitrogen and oxygen atoms in total. The van der Waals surface area contributed by atoms with E-state index >= 15 is 0 Å². The summed E-state index contributed by atoms with van der Waals surface area (Å²) in [6.45, 7) is 2.30. The highest BCUT2D eigenvalue weighted by Crippen LogP contribution is 2.14. The largest absolute Gasteiger partial charge is 0.359 e. The lowest BCUT2D eigenvalue weighted by molar-refractivity contribution is 0.0947. The molecule has 0 saturated heterocycles. The number of aryl methyl sites for hydroxylation is 2. The number of amides is 1. The Balaban J connectivity index is 1.63. The van der Waals surface area contributed by atoms with E-state index in [0.717, 1.165) is 17.7 Å². The molecule has 0 radical (unpaired) electrons. The van der Waals surface area contributed by atoms with E-state index in [4.69, 9.17) is 4.52 Å². The van der Waals surface area contributed by atoms with Gasteiger partial charge in [-0.2, -0.15) is 4.80 Å². The quantitative estimate of drug-likeness (QED) is 0.763. The molecule has 8 heteroatoms. The zero-order valence-corrected chi connectivity index (χ0v) is 12.9. The molecule has 118 valence electrons. The van der Waals surface area contributed by atoms with Gasteiger partial charge in [-0.3, -0.25) is 4.79 Å². The van der Waals surface area contributed by atoms with Crippen molar-refractivity contribution in [2.45, 2.75) is 19.9 Å². The Labute approximate surface area is 132 Å². The predicted molar refractivity (Wildman–Crippen MR) is 81.3 cm³/mol.